The minimum atomic E-state index is -0.784. The van der Waals surface area contributed by atoms with Gasteiger partial charge < -0.3 is 10.4 Å². The summed E-state index contributed by atoms with van der Waals surface area (Å²) in [7, 11) is 0. The zero-order valence-corrected chi connectivity index (χ0v) is 14.5. The summed E-state index contributed by atoms with van der Waals surface area (Å²) in [6, 6.07) is 0.0634. The molecule has 1 aromatic heterocycles. The molecule has 2 saturated carbocycles. The average Bonchev–Trinajstić information content (AvgIpc) is 3.18. The second kappa shape index (κ2) is 7.43. The number of aliphatic carboxylic acids is 1. The summed E-state index contributed by atoms with van der Waals surface area (Å²) >= 11 is 1.37. The molecule has 2 fully saturated rings. The van der Waals surface area contributed by atoms with E-state index in [9.17, 15) is 9.59 Å². The predicted molar refractivity (Wildman–Crippen MR) is 90.2 cm³/mol. The maximum absolute atomic E-state index is 12.0. The van der Waals surface area contributed by atoms with Crippen LogP contribution < -0.4 is 10.6 Å². The zero-order valence-electron chi connectivity index (χ0n) is 13.7. The molecule has 9 heteroatoms. The van der Waals surface area contributed by atoms with Gasteiger partial charge in [-0.1, -0.05) is 18.3 Å². The normalized spacial score (nSPS) is 22.9. The molecule has 0 aromatic carbocycles. The Hall–Kier alpha value is -1.74. The Morgan fingerprint density at radius 1 is 1.33 bits per heavy atom. The van der Waals surface area contributed by atoms with E-state index in [2.05, 4.69) is 20.8 Å². The first kappa shape index (κ1) is 17.1. The Kier molecular flexibility index (Phi) is 5.30. The molecule has 0 radical (unpaired) electrons. The molecule has 132 valence electrons. The van der Waals surface area contributed by atoms with Gasteiger partial charge in [-0.05, 0) is 38.0 Å². The van der Waals surface area contributed by atoms with Crippen LogP contribution in [0.4, 0.5) is 9.93 Å². The number of rotatable bonds is 8. The van der Waals surface area contributed by atoms with E-state index in [1.165, 1.54) is 24.2 Å². The van der Waals surface area contributed by atoms with Gasteiger partial charge in [0.2, 0.25) is 5.13 Å². The van der Waals surface area contributed by atoms with Crippen molar-refractivity contribution in [2.75, 3.05) is 18.4 Å². The molecule has 1 heterocycles. The van der Waals surface area contributed by atoms with E-state index >= 15 is 0 Å². The number of carboxylic acids is 1. The Bertz CT molecular complexity index is 598. The van der Waals surface area contributed by atoms with Gasteiger partial charge in [0.05, 0.1) is 6.54 Å². The molecule has 3 rings (SSSR count). The summed E-state index contributed by atoms with van der Waals surface area (Å²) in [5.41, 5.74) is 0. The van der Waals surface area contributed by atoms with Crippen molar-refractivity contribution in [1.29, 1.82) is 0 Å². The van der Waals surface area contributed by atoms with Crippen LogP contribution in [-0.4, -0.2) is 57.4 Å². The fraction of sp³-hybridized carbons (Fsp3) is 0.733. The van der Waals surface area contributed by atoms with Crippen LogP contribution in [0.1, 0.15) is 37.6 Å². The quantitative estimate of drug-likeness (QED) is 0.654. The van der Waals surface area contributed by atoms with E-state index in [-0.39, 0.29) is 24.7 Å². The molecule has 24 heavy (non-hydrogen) atoms. The van der Waals surface area contributed by atoms with E-state index in [4.69, 9.17) is 5.11 Å². The number of nitrogens with zero attached hydrogens (tertiary/aromatic N) is 3. The number of nitrogens with one attached hydrogen (secondary N) is 2. The number of carbonyl (C=O) groups excluding carboxylic acids is 1. The van der Waals surface area contributed by atoms with Crippen molar-refractivity contribution in [3.8, 4) is 0 Å². The standard InChI is InChI=1S/C15H23N5O3S/c1-2-12-18-19-15(24-12)17-14(23)16-10-5-11(6-10)20(8-13(21)22)7-9-3-4-9/h9-11H,2-8H2,1H3,(H,21,22)(H2,16,17,19,23). The lowest BCUT2D eigenvalue weighted by molar-refractivity contribution is -0.139. The van der Waals surface area contributed by atoms with E-state index in [0.29, 0.717) is 11.0 Å². The number of hydrogen-bond donors (Lipinski definition) is 3. The number of anilines is 1. The number of urea groups is 1. The van der Waals surface area contributed by atoms with Gasteiger partial charge in [0.15, 0.2) is 0 Å². The van der Waals surface area contributed by atoms with Gasteiger partial charge in [-0.2, -0.15) is 0 Å². The molecular formula is C15H23N5O3S. The molecule has 2 aliphatic carbocycles. The van der Waals surface area contributed by atoms with Gasteiger partial charge in [0.25, 0.3) is 0 Å². The van der Waals surface area contributed by atoms with E-state index < -0.39 is 5.97 Å². The maximum Gasteiger partial charge on any atom is 0.321 e. The number of aromatic nitrogens is 2. The van der Waals surface area contributed by atoms with Crippen LogP contribution in [0.25, 0.3) is 0 Å². The number of carboxylic acid groups (broad SMARTS) is 1. The topological polar surface area (TPSA) is 107 Å². The fourth-order valence-electron chi connectivity index (χ4n) is 2.92. The number of hydrogen-bond acceptors (Lipinski definition) is 6. The van der Waals surface area contributed by atoms with Crippen LogP contribution in [0.3, 0.4) is 0 Å². The van der Waals surface area contributed by atoms with E-state index in [0.717, 1.165) is 30.8 Å². The second-order valence-corrected chi connectivity index (χ2v) is 7.60. The van der Waals surface area contributed by atoms with Crippen molar-refractivity contribution in [2.24, 2.45) is 5.92 Å². The van der Waals surface area contributed by atoms with Crippen molar-refractivity contribution in [3.63, 3.8) is 0 Å². The third-order valence-electron chi connectivity index (χ3n) is 4.48. The van der Waals surface area contributed by atoms with Crippen LogP contribution >= 0.6 is 11.3 Å². The fourth-order valence-corrected chi connectivity index (χ4v) is 3.59. The average molecular weight is 353 g/mol. The SMILES string of the molecule is CCc1nnc(NC(=O)NC2CC(N(CC(=O)O)CC3CC3)C2)s1. The first-order valence-corrected chi connectivity index (χ1v) is 9.21. The first-order valence-electron chi connectivity index (χ1n) is 8.39. The molecule has 0 aliphatic heterocycles. The third kappa shape index (κ3) is 4.64. The summed E-state index contributed by atoms with van der Waals surface area (Å²) in [5, 5.41) is 23.9. The molecule has 2 aliphatic rings. The monoisotopic (exact) mass is 353 g/mol. The molecule has 0 unspecified atom stereocenters. The molecule has 1 aromatic rings. The Morgan fingerprint density at radius 2 is 2.08 bits per heavy atom. The lowest BCUT2D eigenvalue weighted by Gasteiger charge is -2.42. The van der Waals surface area contributed by atoms with Gasteiger partial charge in [-0.3, -0.25) is 15.0 Å². The molecule has 0 spiro atoms. The van der Waals surface area contributed by atoms with Crippen molar-refractivity contribution in [2.45, 2.75) is 51.1 Å². The van der Waals surface area contributed by atoms with Crippen molar-refractivity contribution >= 4 is 28.5 Å². The van der Waals surface area contributed by atoms with Crippen LogP contribution in [0.5, 0.6) is 0 Å². The molecule has 0 atom stereocenters. The Balaban J connectivity index is 1.41. The number of amides is 2. The van der Waals surface area contributed by atoms with Crippen LogP contribution in [0, 0.1) is 5.92 Å². The summed E-state index contributed by atoms with van der Waals surface area (Å²) in [6.07, 6.45) is 4.79. The highest BCUT2D eigenvalue weighted by molar-refractivity contribution is 7.15. The van der Waals surface area contributed by atoms with Gasteiger partial charge in [0, 0.05) is 18.6 Å². The Morgan fingerprint density at radius 3 is 2.67 bits per heavy atom. The highest BCUT2D eigenvalue weighted by Gasteiger charge is 2.37. The van der Waals surface area contributed by atoms with Crippen molar-refractivity contribution in [3.05, 3.63) is 5.01 Å². The summed E-state index contributed by atoms with van der Waals surface area (Å²) in [5.74, 6) is -0.127. The lowest BCUT2D eigenvalue weighted by atomic mass is 9.85. The van der Waals surface area contributed by atoms with Gasteiger partial charge in [-0.25, -0.2) is 4.79 Å². The number of aryl methyl sites for hydroxylation is 1. The smallest absolute Gasteiger partial charge is 0.321 e. The Labute approximate surface area is 144 Å². The third-order valence-corrected chi connectivity index (χ3v) is 5.47. The van der Waals surface area contributed by atoms with E-state index in [1.54, 1.807) is 0 Å². The van der Waals surface area contributed by atoms with Gasteiger partial charge in [-0.15, -0.1) is 10.2 Å². The molecule has 0 saturated heterocycles. The minimum Gasteiger partial charge on any atom is -0.480 e. The largest absolute Gasteiger partial charge is 0.480 e. The highest BCUT2D eigenvalue weighted by atomic mass is 32.1. The lowest BCUT2D eigenvalue weighted by Crippen LogP contribution is -2.55. The minimum absolute atomic E-state index is 0.0871. The van der Waals surface area contributed by atoms with Crippen LogP contribution in [0.2, 0.25) is 0 Å². The summed E-state index contributed by atoms with van der Waals surface area (Å²) < 4.78 is 0. The molecule has 8 nitrogen and oxygen atoms in total. The second-order valence-electron chi connectivity index (χ2n) is 6.54. The molecule has 0 bridgehead atoms. The van der Waals surface area contributed by atoms with Crippen LogP contribution in [0.15, 0.2) is 0 Å². The molecule has 2 amide bonds. The number of carbonyl (C=O) groups is 2. The maximum atomic E-state index is 12.0. The van der Waals surface area contributed by atoms with Gasteiger partial charge >= 0.3 is 12.0 Å². The first-order chi connectivity index (χ1) is 11.5. The molecule has 3 N–H and O–H groups in total. The van der Waals surface area contributed by atoms with E-state index in [1.807, 2.05) is 11.8 Å². The summed E-state index contributed by atoms with van der Waals surface area (Å²) in [6.45, 7) is 2.94. The highest BCUT2D eigenvalue weighted by Crippen LogP contribution is 2.33. The van der Waals surface area contributed by atoms with Gasteiger partial charge in [0.1, 0.15) is 5.01 Å². The molecular weight excluding hydrogens is 330 g/mol. The van der Waals surface area contributed by atoms with Crippen molar-refractivity contribution < 1.29 is 14.7 Å². The van der Waals surface area contributed by atoms with Crippen LogP contribution in [-0.2, 0) is 11.2 Å². The van der Waals surface area contributed by atoms with Crippen molar-refractivity contribution in [1.82, 2.24) is 20.4 Å². The summed E-state index contributed by atoms with van der Waals surface area (Å²) in [4.78, 5) is 25.0. The predicted octanol–water partition coefficient (Wildman–Crippen LogP) is 1.55. The zero-order chi connectivity index (χ0) is 17.1.